The molecule has 0 saturated carbocycles. The van der Waals surface area contributed by atoms with Crippen LogP contribution < -0.4 is 5.32 Å². The number of allylic oxidation sites excluding steroid dienone is 2. The fourth-order valence-electron chi connectivity index (χ4n) is 5.27. The highest BCUT2D eigenvalue weighted by molar-refractivity contribution is 5.94. The van der Waals surface area contributed by atoms with E-state index in [9.17, 15) is 19.8 Å². The molecule has 1 aliphatic carbocycles. The Labute approximate surface area is 179 Å². The van der Waals surface area contributed by atoms with Gasteiger partial charge in [0, 0.05) is 24.0 Å². The number of aliphatic hydroxyl groups is 2. The molecule has 7 unspecified atom stereocenters. The highest BCUT2D eigenvalue weighted by atomic mass is 16.6. The van der Waals surface area contributed by atoms with Gasteiger partial charge in [0.2, 0.25) is 5.60 Å². The van der Waals surface area contributed by atoms with E-state index in [0.29, 0.717) is 18.8 Å². The Morgan fingerprint density at radius 1 is 1.23 bits per heavy atom. The molecule has 3 aliphatic rings. The van der Waals surface area contributed by atoms with Crippen molar-refractivity contribution in [3.8, 4) is 0 Å². The Morgan fingerprint density at radius 2 is 1.93 bits per heavy atom. The number of aliphatic hydroxyl groups excluding tert-OH is 2. The second-order valence-corrected chi connectivity index (χ2v) is 9.64. The number of amides is 1. The largest absolute Gasteiger partial charge is 0.444 e. The summed E-state index contributed by atoms with van der Waals surface area (Å²) in [4.78, 5) is 26.2. The van der Waals surface area contributed by atoms with Gasteiger partial charge in [-0.25, -0.2) is 4.79 Å². The molecule has 166 valence electrons. The first kappa shape index (κ1) is 22.8. The van der Waals surface area contributed by atoms with Gasteiger partial charge in [0.25, 0.3) is 5.91 Å². The van der Waals surface area contributed by atoms with Crippen molar-refractivity contribution in [2.45, 2.75) is 77.7 Å². The van der Waals surface area contributed by atoms with E-state index in [0.717, 1.165) is 18.1 Å². The van der Waals surface area contributed by atoms with Crippen LogP contribution in [0.5, 0.6) is 0 Å². The number of carbonyl (C=O) groups excluding carboxylic acids is 2. The third-order valence-electron chi connectivity index (χ3n) is 6.91. The summed E-state index contributed by atoms with van der Waals surface area (Å²) in [6.45, 7) is 10.4. The molecule has 1 amide bonds. The summed E-state index contributed by atoms with van der Waals surface area (Å²) in [5.74, 6) is -1.02. The average Bonchev–Trinajstić information content (AvgIpc) is 2.93. The van der Waals surface area contributed by atoms with Crippen LogP contribution in [0.4, 0.5) is 0 Å². The lowest BCUT2D eigenvalue weighted by Gasteiger charge is -2.45. The van der Waals surface area contributed by atoms with Gasteiger partial charge >= 0.3 is 5.97 Å². The zero-order valence-electron chi connectivity index (χ0n) is 18.6. The van der Waals surface area contributed by atoms with Crippen LogP contribution >= 0.6 is 0 Å². The van der Waals surface area contributed by atoms with E-state index < -0.39 is 23.8 Å². The number of carbonyl (C=O) groups is 2. The second kappa shape index (κ2) is 8.67. The minimum absolute atomic E-state index is 0.0785. The number of hydrogen-bond donors (Lipinski definition) is 3. The molecule has 0 aromatic rings. The van der Waals surface area contributed by atoms with Gasteiger partial charge in [0.1, 0.15) is 0 Å². The predicted molar refractivity (Wildman–Crippen MR) is 114 cm³/mol. The molecule has 7 atom stereocenters. The second-order valence-electron chi connectivity index (χ2n) is 9.64. The van der Waals surface area contributed by atoms with Crippen LogP contribution in [-0.2, 0) is 14.3 Å². The molecule has 1 saturated heterocycles. The summed E-state index contributed by atoms with van der Waals surface area (Å²) in [6.07, 6.45) is 6.06. The Kier molecular flexibility index (Phi) is 6.58. The van der Waals surface area contributed by atoms with Crippen LogP contribution in [0.1, 0.15) is 53.9 Å². The zero-order chi connectivity index (χ0) is 22.2. The number of nitrogens with one attached hydrogen (secondary N) is 1. The fraction of sp³-hybridized carbons (Fsp3) is 0.667. The van der Waals surface area contributed by atoms with Gasteiger partial charge in [0.15, 0.2) is 0 Å². The molecule has 2 heterocycles. The van der Waals surface area contributed by atoms with Crippen molar-refractivity contribution in [2.75, 3.05) is 0 Å². The first-order valence-electron chi connectivity index (χ1n) is 11.0. The lowest BCUT2D eigenvalue weighted by Crippen LogP contribution is -2.56. The van der Waals surface area contributed by atoms with Crippen molar-refractivity contribution >= 4 is 11.9 Å². The average molecular weight is 418 g/mol. The maximum absolute atomic E-state index is 13.4. The topological polar surface area (TPSA) is 95.9 Å². The Morgan fingerprint density at radius 3 is 2.60 bits per heavy atom. The molecule has 6 heteroatoms. The highest BCUT2D eigenvalue weighted by Gasteiger charge is 2.64. The van der Waals surface area contributed by atoms with Crippen molar-refractivity contribution in [2.24, 2.45) is 23.7 Å². The summed E-state index contributed by atoms with van der Waals surface area (Å²) < 4.78 is 5.99. The molecule has 0 aromatic heterocycles. The molecular weight excluding hydrogens is 382 g/mol. The molecular formula is C24H35NO5. The van der Waals surface area contributed by atoms with Crippen molar-refractivity contribution in [1.82, 2.24) is 5.32 Å². The van der Waals surface area contributed by atoms with E-state index in [1.807, 2.05) is 13.0 Å². The molecule has 3 N–H and O–H groups in total. The smallest absolute Gasteiger partial charge is 0.331 e. The zero-order valence-corrected chi connectivity index (χ0v) is 18.6. The van der Waals surface area contributed by atoms with E-state index in [1.165, 1.54) is 11.6 Å². The third-order valence-corrected chi connectivity index (χ3v) is 6.91. The SMILES string of the molecule is CC1=CC2/C=C(\C)CCC(O)C(O)/C=C/C(=O)OC23C(=O)NC(CC(C)C)C3C1C. The number of hydrogen-bond acceptors (Lipinski definition) is 5. The molecule has 1 fully saturated rings. The summed E-state index contributed by atoms with van der Waals surface area (Å²) in [6, 6.07) is -0.0792. The van der Waals surface area contributed by atoms with Gasteiger partial charge in [-0.1, -0.05) is 44.1 Å². The van der Waals surface area contributed by atoms with Crippen LogP contribution in [0.2, 0.25) is 0 Å². The first-order valence-corrected chi connectivity index (χ1v) is 11.0. The lowest BCUT2D eigenvalue weighted by molar-refractivity contribution is -0.172. The maximum atomic E-state index is 13.4. The van der Waals surface area contributed by atoms with Crippen LogP contribution in [0.15, 0.2) is 35.5 Å². The Hall–Kier alpha value is -1.92. The molecule has 30 heavy (non-hydrogen) atoms. The fourth-order valence-corrected chi connectivity index (χ4v) is 5.27. The normalized spacial score (nSPS) is 42.5. The monoisotopic (exact) mass is 417 g/mol. The molecule has 6 nitrogen and oxygen atoms in total. The standard InChI is InChI=1S/C24H35NO5/c1-13(2)10-18-22-16(5)15(4)12-17-11-14(3)6-7-19(26)20(27)8-9-21(28)30-24(17,22)23(29)25-18/h8-9,11-13,16-20,22,26-27H,6-7,10H2,1-5H3,(H,25,29)/b9-8+,14-11+. The van der Waals surface area contributed by atoms with Crippen molar-refractivity contribution in [1.29, 1.82) is 0 Å². The quantitative estimate of drug-likeness (QED) is 0.474. The number of esters is 1. The Balaban J connectivity index is 2.13. The van der Waals surface area contributed by atoms with E-state index in [-0.39, 0.29) is 29.7 Å². The van der Waals surface area contributed by atoms with Crippen LogP contribution in [0.3, 0.4) is 0 Å². The predicted octanol–water partition coefficient (Wildman–Crippen LogP) is 2.66. The van der Waals surface area contributed by atoms with Crippen molar-refractivity contribution in [3.63, 3.8) is 0 Å². The highest BCUT2D eigenvalue weighted by Crippen LogP contribution is 2.50. The summed E-state index contributed by atoms with van der Waals surface area (Å²) in [5, 5.41) is 23.4. The van der Waals surface area contributed by atoms with Crippen LogP contribution in [0, 0.1) is 23.7 Å². The summed E-state index contributed by atoms with van der Waals surface area (Å²) >= 11 is 0. The lowest BCUT2D eigenvalue weighted by atomic mass is 9.63. The van der Waals surface area contributed by atoms with E-state index in [4.69, 9.17) is 4.74 Å². The molecule has 1 spiro atoms. The van der Waals surface area contributed by atoms with Crippen LogP contribution in [0.25, 0.3) is 0 Å². The van der Waals surface area contributed by atoms with Crippen LogP contribution in [-0.4, -0.2) is 45.9 Å². The van der Waals surface area contributed by atoms with Gasteiger partial charge in [-0.15, -0.1) is 0 Å². The summed E-state index contributed by atoms with van der Waals surface area (Å²) in [5.41, 5.74) is 0.858. The molecule has 3 rings (SSSR count). The van der Waals surface area contributed by atoms with Gasteiger partial charge in [0.05, 0.1) is 12.2 Å². The molecule has 0 aromatic carbocycles. The first-order chi connectivity index (χ1) is 14.1. The van der Waals surface area contributed by atoms with E-state index >= 15 is 0 Å². The maximum Gasteiger partial charge on any atom is 0.331 e. The minimum atomic E-state index is -1.32. The molecule has 0 bridgehead atoms. The summed E-state index contributed by atoms with van der Waals surface area (Å²) in [7, 11) is 0. The van der Waals surface area contributed by atoms with Crippen molar-refractivity contribution < 1.29 is 24.5 Å². The Bertz CT molecular complexity index is 782. The van der Waals surface area contributed by atoms with E-state index in [2.05, 4.69) is 39.1 Å². The van der Waals surface area contributed by atoms with Crippen molar-refractivity contribution in [3.05, 3.63) is 35.5 Å². The number of ether oxygens (including phenoxy) is 1. The van der Waals surface area contributed by atoms with Gasteiger partial charge in [-0.2, -0.15) is 0 Å². The van der Waals surface area contributed by atoms with E-state index in [1.54, 1.807) is 0 Å². The van der Waals surface area contributed by atoms with Gasteiger partial charge < -0.3 is 20.3 Å². The third kappa shape index (κ3) is 4.12. The van der Waals surface area contributed by atoms with Gasteiger partial charge in [-0.05, 0) is 51.0 Å². The minimum Gasteiger partial charge on any atom is -0.444 e. The molecule has 2 aliphatic heterocycles. The molecule has 0 radical (unpaired) electrons. The van der Waals surface area contributed by atoms with Gasteiger partial charge in [-0.3, -0.25) is 4.79 Å². The number of rotatable bonds is 2.